The summed E-state index contributed by atoms with van der Waals surface area (Å²) in [7, 11) is -0.706. The van der Waals surface area contributed by atoms with E-state index in [2.05, 4.69) is 5.32 Å². The highest BCUT2D eigenvalue weighted by Crippen LogP contribution is 2.42. The number of carbonyl (C=O) groups is 1. The Balaban J connectivity index is 1.50. The van der Waals surface area contributed by atoms with E-state index >= 15 is 0 Å². The van der Waals surface area contributed by atoms with Crippen molar-refractivity contribution in [1.82, 2.24) is 19.9 Å². The zero-order chi connectivity index (χ0) is 30.9. The summed E-state index contributed by atoms with van der Waals surface area (Å²) in [6.45, 7) is 2.60. The third-order valence-electron chi connectivity index (χ3n) is 8.24. The largest absolute Gasteiger partial charge is 0.455 e. The first kappa shape index (κ1) is 27.8. The molecule has 1 N–H and O–H groups in total. The molecular formula is C33H28FN5O4S. The van der Waals surface area contributed by atoms with Crippen LogP contribution in [-0.2, 0) is 23.0 Å². The van der Waals surface area contributed by atoms with Gasteiger partial charge in [0.15, 0.2) is 0 Å². The summed E-state index contributed by atoms with van der Waals surface area (Å²) < 4.78 is 49.8. The number of aryl methyl sites for hydroxylation is 3. The van der Waals surface area contributed by atoms with Crippen LogP contribution in [0.4, 0.5) is 10.1 Å². The van der Waals surface area contributed by atoms with Crippen LogP contribution < -0.4 is 9.62 Å². The van der Waals surface area contributed by atoms with E-state index in [0.717, 1.165) is 33.0 Å². The molecule has 0 atom stereocenters. The van der Waals surface area contributed by atoms with Crippen LogP contribution in [0.25, 0.3) is 55.8 Å². The SMILES string of the molecule is CNC(=O)c1c(-c2ccc(C)cc2)oc2cc(N(C)S(C)(=O)=O)c(-c3cnc4c(n3)-c3cc5c(F)cccc5n3CC4)cc12. The lowest BCUT2D eigenvalue weighted by Crippen LogP contribution is -2.25. The monoisotopic (exact) mass is 609 g/mol. The van der Waals surface area contributed by atoms with Crippen LogP contribution in [0.2, 0.25) is 0 Å². The quantitative estimate of drug-likeness (QED) is 0.259. The van der Waals surface area contributed by atoms with Gasteiger partial charge in [-0.15, -0.1) is 0 Å². The molecule has 0 bridgehead atoms. The second-order valence-corrected chi connectivity index (χ2v) is 13.0. The number of halogens is 1. The zero-order valence-corrected chi connectivity index (χ0v) is 25.3. The van der Waals surface area contributed by atoms with Gasteiger partial charge >= 0.3 is 0 Å². The van der Waals surface area contributed by atoms with E-state index < -0.39 is 10.0 Å². The van der Waals surface area contributed by atoms with E-state index in [1.165, 1.54) is 13.1 Å². The standard InChI is InChI=1S/C33H28FN5O4S/c1-18-8-10-19(11-9-18)32-30(33(40)35-2)22-14-21(27(16-29(22)43-32)38(3)44(4,41)42)25-17-36-24-12-13-39-26-7-5-6-23(34)20(26)15-28(39)31(24)37-25/h5-11,14-17H,12-13H2,1-4H3,(H,35,40). The summed E-state index contributed by atoms with van der Waals surface area (Å²) >= 11 is 0. The molecule has 0 spiro atoms. The van der Waals surface area contributed by atoms with Gasteiger partial charge in [-0.2, -0.15) is 0 Å². The molecule has 1 aliphatic heterocycles. The van der Waals surface area contributed by atoms with Crippen molar-refractivity contribution in [2.24, 2.45) is 0 Å². The third kappa shape index (κ3) is 4.34. The number of hydrogen-bond acceptors (Lipinski definition) is 6. The number of fused-ring (bicyclic) bond motifs is 6. The molecule has 4 heterocycles. The molecule has 44 heavy (non-hydrogen) atoms. The van der Waals surface area contributed by atoms with Crippen LogP contribution in [-0.4, -0.2) is 49.2 Å². The number of hydrogen-bond donors (Lipinski definition) is 1. The third-order valence-corrected chi connectivity index (χ3v) is 9.43. The molecule has 0 radical (unpaired) electrons. The van der Waals surface area contributed by atoms with E-state index in [4.69, 9.17) is 14.4 Å². The maximum absolute atomic E-state index is 14.7. The van der Waals surface area contributed by atoms with E-state index in [1.54, 1.807) is 37.5 Å². The molecule has 1 aliphatic rings. The minimum atomic E-state index is -3.71. The first-order valence-corrected chi connectivity index (χ1v) is 15.9. The Morgan fingerprint density at radius 1 is 1.09 bits per heavy atom. The Labute approximate surface area is 253 Å². The van der Waals surface area contributed by atoms with E-state index in [9.17, 15) is 17.6 Å². The number of rotatable bonds is 5. The van der Waals surface area contributed by atoms with Crippen LogP contribution in [0.15, 0.2) is 71.3 Å². The van der Waals surface area contributed by atoms with Gasteiger partial charge in [-0.25, -0.2) is 17.8 Å². The number of nitrogens with one attached hydrogen (secondary N) is 1. The summed E-state index contributed by atoms with van der Waals surface area (Å²) in [6.07, 6.45) is 3.33. The van der Waals surface area contributed by atoms with Gasteiger partial charge in [0.05, 0.1) is 46.3 Å². The molecule has 0 aliphatic carbocycles. The van der Waals surface area contributed by atoms with Gasteiger partial charge in [-0.1, -0.05) is 35.9 Å². The first-order valence-electron chi connectivity index (χ1n) is 14.0. The van der Waals surface area contributed by atoms with Gasteiger partial charge in [0.25, 0.3) is 5.91 Å². The van der Waals surface area contributed by atoms with Crippen molar-refractivity contribution in [2.75, 3.05) is 24.7 Å². The van der Waals surface area contributed by atoms with Crippen LogP contribution >= 0.6 is 0 Å². The molecular weight excluding hydrogens is 581 g/mol. The maximum Gasteiger partial charge on any atom is 0.255 e. The molecule has 1 amide bonds. The molecule has 222 valence electrons. The van der Waals surface area contributed by atoms with E-state index in [1.807, 2.05) is 41.8 Å². The Bertz CT molecular complexity index is 2250. The number of sulfonamides is 1. The van der Waals surface area contributed by atoms with E-state index in [0.29, 0.717) is 68.8 Å². The van der Waals surface area contributed by atoms with Gasteiger partial charge in [-0.3, -0.25) is 14.1 Å². The number of amides is 1. The van der Waals surface area contributed by atoms with Crippen molar-refractivity contribution in [3.63, 3.8) is 0 Å². The minimum Gasteiger partial charge on any atom is -0.455 e. The molecule has 6 aromatic rings. The number of benzene rings is 3. The summed E-state index contributed by atoms with van der Waals surface area (Å²) in [4.78, 5) is 23.0. The van der Waals surface area contributed by atoms with Gasteiger partial charge in [0, 0.05) is 55.0 Å². The smallest absolute Gasteiger partial charge is 0.255 e. The number of furan rings is 1. The van der Waals surface area contributed by atoms with Crippen LogP contribution in [0.1, 0.15) is 21.6 Å². The summed E-state index contributed by atoms with van der Waals surface area (Å²) in [5.41, 5.74) is 6.44. The number of carbonyl (C=O) groups excluding carboxylic acids is 1. The highest BCUT2D eigenvalue weighted by atomic mass is 32.2. The zero-order valence-electron chi connectivity index (χ0n) is 24.5. The normalized spacial score (nSPS) is 12.8. The van der Waals surface area contributed by atoms with Gasteiger partial charge in [-0.05, 0) is 31.2 Å². The maximum atomic E-state index is 14.7. The van der Waals surface area contributed by atoms with Crippen molar-refractivity contribution in [3.8, 4) is 34.0 Å². The Morgan fingerprint density at radius 3 is 2.59 bits per heavy atom. The van der Waals surface area contributed by atoms with Crippen molar-refractivity contribution in [3.05, 3.63) is 89.5 Å². The van der Waals surface area contributed by atoms with Crippen molar-refractivity contribution in [2.45, 2.75) is 19.9 Å². The topological polar surface area (TPSA) is 110 Å². The lowest BCUT2D eigenvalue weighted by molar-refractivity contribution is 0.0964. The Kier molecular flexibility index (Phi) is 6.33. The highest BCUT2D eigenvalue weighted by Gasteiger charge is 2.28. The fourth-order valence-corrected chi connectivity index (χ4v) is 6.38. The van der Waals surface area contributed by atoms with E-state index in [-0.39, 0.29) is 11.7 Å². The fraction of sp³-hybridized carbons (Fsp3) is 0.182. The second kappa shape index (κ2) is 10.0. The first-order chi connectivity index (χ1) is 21.0. The van der Waals surface area contributed by atoms with Gasteiger partial charge in [0.2, 0.25) is 10.0 Å². The summed E-state index contributed by atoms with van der Waals surface area (Å²) in [5.74, 6) is -0.297. The average Bonchev–Trinajstić information content (AvgIpc) is 3.59. The molecule has 9 nitrogen and oxygen atoms in total. The average molecular weight is 610 g/mol. The highest BCUT2D eigenvalue weighted by molar-refractivity contribution is 7.92. The molecule has 0 saturated carbocycles. The predicted molar refractivity (Wildman–Crippen MR) is 169 cm³/mol. The molecule has 7 rings (SSSR count). The lowest BCUT2D eigenvalue weighted by atomic mass is 10.0. The fourth-order valence-electron chi connectivity index (χ4n) is 5.87. The predicted octanol–water partition coefficient (Wildman–Crippen LogP) is 5.94. The Hall–Kier alpha value is -5.03. The molecule has 11 heteroatoms. The Morgan fingerprint density at radius 2 is 1.86 bits per heavy atom. The lowest BCUT2D eigenvalue weighted by Gasteiger charge is -2.22. The van der Waals surface area contributed by atoms with Crippen molar-refractivity contribution >= 4 is 43.5 Å². The number of anilines is 1. The molecule has 0 fully saturated rings. The molecule has 0 saturated heterocycles. The molecule has 3 aromatic carbocycles. The van der Waals surface area contributed by atoms with Gasteiger partial charge in [0.1, 0.15) is 22.9 Å². The second-order valence-electron chi connectivity index (χ2n) is 11.0. The molecule has 0 unspecified atom stereocenters. The summed E-state index contributed by atoms with van der Waals surface area (Å²) in [5, 5.41) is 3.70. The van der Waals surface area contributed by atoms with Gasteiger partial charge < -0.3 is 14.3 Å². The van der Waals surface area contributed by atoms with Crippen LogP contribution in [0.3, 0.4) is 0 Å². The number of aromatic nitrogens is 3. The summed E-state index contributed by atoms with van der Waals surface area (Å²) in [6, 6.07) is 17.7. The number of nitrogens with zero attached hydrogens (tertiary/aromatic N) is 4. The van der Waals surface area contributed by atoms with Crippen molar-refractivity contribution < 1.29 is 22.0 Å². The van der Waals surface area contributed by atoms with Crippen molar-refractivity contribution in [1.29, 1.82) is 0 Å². The van der Waals surface area contributed by atoms with Crippen LogP contribution in [0.5, 0.6) is 0 Å². The minimum absolute atomic E-state index is 0.310. The van der Waals surface area contributed by atoms with Crippen LogP contribution in [0, 0.1) is 12.7 Å². The molecule has 3 aromatic heterocycles.